The topological polar surface area (TPSA) is 51.0 Å². The Balaban J connectivity index is 1.92. The molecule has 0 spiro atoms. The average Bonchev–Trinajstić information content (AvgIpc) is 2.54. The molecule has 1 saturated heterocycles. The number of carbonyl (C=O) groups is 1. The van der Waals surface area contributed by atoms with Crippen LogP contribution in [0.4, 0.5) is 0 Å². The van der Waals surface area contributed by atoms with Gasteiger partial charge in [-0.1, -0.05) is 11.8 Å². The van der Waals surface area contributed by atoms with E-state index in [1.165, 1.54) is 6.08 Å². The summed E-state index contributed by atoms with van der Waals surface area (Å²) in [6.07, 6.45) is 4.77. The van der Waals surface area contributed by atoms with Gasteiger partial charge in [-0.15, -0.1) is 5.10 Å². The number of hydrogen-bond donors (Lipinski definition) is 0. The van der Waals surface area contributed by atoms with Gasteiger partial charge in [0, 0.05) is 19.3 Å². The number of carbonyl (C=O) groups excluding carboxylic acids is 1. The van der Waals surface area contributed by atoms with Crippen LogP contribution in [0.25, 0.3) is 0 Å². The Bertz CT molecular complexity index is 313. The predicted octanol–water partition coefficient (Wildman–Crippen LogP) is -0.153. The van der Waals surface area contributed by atoms with E-state index in [0.717, 1.165) is 0 Å². The molecule has 1 amide bonds. The van der Waals surface area contributed by atoms with Gasteiger partial charge < -0.3 is 4.90 Å². The molecule has 1 aliphatic rings. The fraction of sp³-hybridized carbons (Fsp3) is 0.375. The highest BCUT2D eigenvalue weighted by atomic mass is 16.2. The van der Waals surface area contributed by atoms with Gasteiger partial charge in [-0.05, 0) is 6.08 Å². The number of hydrogen-bond acceptors (Lipinski definition) is 3. The minimum Gasteiger partial charge on any atom is -0.335 e. The molecule has 0 atom stereocenters. The second-order valence-electron chi connectivity index (χ2n) is 2.98. The second kappa shape index (κ2) is 3.01. The molecular weight excluding hydrogens is 168 g/mol. The van der Waals surface area contributed by atoms with E-state index < -0.39 is 0 Å². The van der Waals surface area contributed by atoms with Crippen molar-refractivity contribution >= 4 is 5.91 Å². The Morgan fingerprint density at radius 3 is 2.92 bits per heavy atom. The van der Waals surface area contributed by atoms with E-state index in [0.29, 0.717) is 13.1 Å². The fourth-order valence-corrected chi connectivity index (χ4v) is 1.34. The van der Waals surface area contributed by atoms with Gasteiger partial charge in [0.25, 0.3) is 0 Å². The van der Waals surface area contributed by atoms with Crippen LogP contribution in [-0.4, -0.2) is 38.9 Å². The third-order valence-electron chi connectivity index (χ3n) is 2.16. The molecule has 5 heteroatoms. The maximum Gasteiger partial charge on any atom is 0.246 e. The van der Waals surface area contributed by atoms with Crippen LogP contribution in [0.15, 0.2) is 25.0 Å². The van der Waals surface area contributed by atoms with Gasteiger partial charge in [0.2, 0.25) is 5.91 Å². The summed E-state index contributed by atoms with van der Waals surface area (Å²) in [5.41, 5.74) is 0. The zero-order chi connectivity index (χ0) is 9.26. The van der Waals surface area contributed by atoms with Gasteiger partial charge in [-0.25, -0.2) is 4.68 Å². The molecule has 13 heavy (non-hydrogen) atoms. The molecular formula is C8H10N4O. The summed E-state index contributed by atoms with van der Waals surface area (Å²) < 4.78 is 1.77. The van der Waals surface area contributed by atoms with Gasteiger partial charge in [0.1, 0.15) is 0 Å². The van der Waals surface area contributed by atoms with Crippen LogP contribution >= 0.6 is 0 Å². The molecule has 2 heterocycles. The van der Waals surface area contributed by atoms with E-state index in [1.807, 2.05) is 0 Å². The summed E-state index contributed by atoms with van der Waals surface area (Å²) in [4.78, 5) is 12.8. The molecule has 0 radical (unpaired) electrons. The van der Waals surface area contributed by atoms with E-state index in [1.54, 1.807) is 22.0 Å². The fourth-order valence-electron chi connectivity index (χ4n) is 1.34. The highest BCUT2D eigenvalue weighted by molar-refractivity contribution is 5.87. The SMILES string of the molecule is C=CC(=O)N1CC(n2ccnn2)C1. The van der Waals surface area contributed by atoms with Crippen molar-refractivity contribution in [2.75, 3.05) is 13.1 Å². The lowest BCUT2D eigenvalue weighted by Crippen LogP contribution is -2.50. The quantitative estimate of drug-likeness (QED) is 0.592. The highest BCUT2D eigenvalue weighted by Gasteiger charge is 2.30. The minimum absolute atomic E-state index is 0.0173. The van der Waals surface area contributed by atoms with Crippen molar-refractivity contribution in [1.82, 2.24) is 19.9 Å². The lowest BCUT2D eigenvalue weighted by molar-refractivity contribution is -0.131. The lowest BCUT2D eigenvalue weighted by Gasteiger charge is -2.38. The first-order valence-electron chi connectivity index (χ1n) is 4.08. The number of aromatic nitrogens is 3. The molecule has 0 aromatic carbocycles. The van der Waals surface area contributed by atoms with E-state index >= 15 is 0 Å². The van der Waals surface area contributed by atoms with Gasteiger partial charge in [-0.2, -0.15) is 0 Å². The van der Waals surface area contributed by atoms with Gasteiger partial charge in [-0.3, -0.25) is 4.79 Å². The zero-order valence-electron chi connectivity index (χ0n) is 7.13. The van der Waals surface area contributed by atoms with Crippen LogP contribution in [0.5, 0.6) is 0 Å². The molecule has 0 bridgehead atoms. The van der Waals surface area contributed by atoms with Crippen LogP contribution in [0.1, 0.15) is 6.04 Å². The van der Waals surface area contributed by atoms with Gasteiger partial charge >= 0.3 is 0 Å². The van der Waals surface area contributed by atoms with Crippen LogP contribution in [0, 0.1) is 0 Å². The standard InChI is InChI=1S/C8H10N4O/c1-2-8(13)11-5-7(6-11)12-4-3-9-10-12/h2-4,7H,1,5-6H2. The van der Waals surface area contributed by atoms with Crippen molar-refractivity contribution in [3.63, 3.8) is 0 Å². The van der Waals surface area contributed by atoms with Crippen molar-refractivity contribution in [2.24, 2.45) is 0 Å². The van der Waals surface area contributed by atoms with Crippen molar-refractivity contribution in [1.29, 1.82) is 0 Å². The van der Waals surface area contributed by atoms with Gasteiger partial charge in [0.15, 0.2) is 0 Å². The van der Waals surface area contributed by atoms with E-state index in [4.69, 9.17) is 0 Å². The van der Waals surface area contributed by atoms with Crippen LogP contribution in [-0.2, 0) is 4.79 Å². The number of nitrogens with zero attached hydrogens (tertiary/aromatic N) is 4. The lowest BCUT2D eigenvalue weighted by atomic mass is 10.1. The summed E-state index contributed by atoms with van der Waals surface area (Å²) in [6, 6.07) is 0.284. The Morgan fingerprint density at radius 2 is 2.38 bits per heavy atom. The Kier molecular flexibility index (Phi) is 1.84. The number of amides is 1. The van der Waals surface area contributed by atoms with E-state index in [-0.39, 0.29) is 11.9 Å². The first-order valence-corrected chi connectivity index (χ1v) is 4.08. The molecule has 2 rings (SSSR count). The summed E-state index contributed by atoms with van der Waals surface area (Å²) in [7, 11) is 0. The Labute approximate surface area is 75.6 Å². The first-order chi connectivity index (χ1) is 6.31. The molecule has 0 N–H and O–H groups in total. The largest absolute Gasteiger partial charge is 0.335 e. The summed E-state index contributed by atoms with van der Waals surface area (Å²) >= 11 is 0. The van der Waals surface area contributed by atoms with E-state index in [9.17, 15) is 4.79 Å². The Morgan fingerprint density at radius 1 is 1.62 bits per heavy atom. The number of likely N-dealkylation sites (tertiary alicyclic amines) is 1. The average molecular weight is 178 g/mol. The smallest absolute Gasteiger partial charge is 0.246 e. The van der Waals surface area contributed by atoms with Gasteiger partial charge in [0.05, 0.1) is 12.2 Å². The number of rotatable bonds is 2. The van der Waals surface area contributed by atoms with Crippen molar-refractivity contribution in [3.8, 4) is 0 Å². The third-order valence-corrected chi connectivity index (χ3v) is 2.16. The summed E-state index contributed by atoms with van der Waals surface area (Å²) in [6.45, 7) is 4.83. The maximum atomic E-state index is 11.1. The third kappa shape index (κ3) is 1.32. The first kappa shape index (κ1) is 7.97. The second-order valence-corrected chi connectivity index (χ2v) is 2.98. The molecule has 1 aliphatic heterocycles. The summed E-state index contributed by atoms with van der Waals surface area (Å²) in [5, 5.41) is 7.57. The Hall–Kier alpha value is -1.65. The maximum absolute atomic E-state index is 11.1. The van der Waals surface area contributed by atoms with Crippen LogP contribution < -0.4 is 0 Å². The monoisotopic (exact) mass is 178 g/mol. The van der Waals surface area contributed by atoms with Crippen molar-refractivity contribution < 1.29 is 4.79 Å². The molecule has 0 saturated carbocycles. The van der Waals surface area contributed by atoms with Crippen LogP contribution in [0.3, 0.4) is 0 Å². The predicted molar refractivity (Wildman–Crippen MR) is 45.8 cm³/mol. The molecule has 68 valence electrons. The van der Waals surface area contributed by atoms with Crippen LogP contribution in [0.2, 0.25) is 0 Å². The zero-order valence-corrected chi connectivity index (χ0v) is 7.13. The van der Waals surface area contributed by atoms with Crippen molar-refractivity contribution in [2.45, 2.75) is 6.04 Å². The minimum atomic E-state index is -0.0173. The molecule has 1 aromatic rings. The molecule has 0 unspecified atom stereocenters. The van der Waals surface area contributed by atoms with Crippen molar-refractivity contribution in [3.05, 3.63) is 25.0 Å². The highest BCUT2D eigenvalue weighted by Crippen LogP contribution is 2.19. The molecule has 1 aromatic heterocycles. The molecule has 1 fully saturated rings. The normalized spacial score (nSPS) is 16.8. The van der Waals surface area contributed by atoms with E-state index in [2.05, 4.69) is 16.9 Å². The molecule has 5 nitrogen and oxygen atoms in total. The summed E-state index contributed by atoms with van der Waals surface area (Å²) in [5.74, 6) is -0.0173. The molecule has 0 aliphatic carbocycles.